The molecule has 1 fully saturated rings. The molecule has 0 saturated carbocycles. The van der Waals surface area contributed by atoms with Crippen molar-refractivity contribution >= 4 is 5.96 Å². The number of rotatable bonds is 9. The van der Waals surface area contributed by atoms with Crippen molar-refractivity contribution in [2.75, 3.05) is 46.4 Å². The van der Waals surface area contributed by atoms with Gasteiger partial charge in [-0.25, -0.2) is 0 Å². The first-order chi connectivity index (χ1) is 13.2. The van der Waals surface area contributed by atoms with Gasteiger partial charge in [-0.2, -0.15) is 0 Å². The highest BCUT2D eigenvalue weighted by atomic mass is 16.5. The Kier molecular flexibility index (Phi) is 9.84. The van der Waals surface area contributed by atoms with Gasteiger partial charge in [-0.05, 0) is 69.9 Å². The molecular weight excluding hydrogens is 340 g/mol. The number of nitrogens with zero attached hydrogens (tertiary/aromatic N) is 2. The first-order valence-electron chi connectivity index (χ1n) is 10.3. The predicted molar refractivity (Wildman–Crippen MR) is 112 cm³/mol. The van der Waals surface area contributed by atoms with Crippen molar-refractivity contribution in [3.05, 3.63) is 23.8 Å². The lowest BCUT2D eigenvalue weighted by molar-refractivity contribution is 0.283. The molecule has 0 aromatic heterocycles. The number of nitrogens with one attached hydrogen (secondary N) is 2. The molecule has 2 rings (SSSR count). The van der Waals surface area contributed by atoms with Crippen LogP contribution in [0.2, 0.25) is 0 Å². The lowest BCUT2D eigenvalue weighted by Gasteiger charge is -2.19. The number of guanidine groups is 1. The molecule has 1 aromatic carbocycles. The third kappa shape index (κ3) is 8.08. The van der Waals surface area contributed by atoms with Crippen molar-refractivity contribution < 1.29 is 9.84 Å². The highest BCUT2D eigenvalue weighted by Gasteiger charge is 2.08. The third-order valence-corrected chi connectivity index (χ3v) is 4.90. The Morgan fingerprint density at radius 1 is 1.19 bits per heavy atom. The van der Waals surface area contributed by atoms with Gasteiger partial charge in [0, 0.05) is 19.6 Å². The molecule has 27 heavy (non-hydrogen) atoms. The molecule has 1 aromatic rings. The lowest BCUT2D eigenvalue weighted by Crippen LogP contribution is -2.38. The molecule has 0 amide bonds. The number of methoxy groups -OCH3 is 1. The van der Waals surface area contributed by atoms with Gasteiger partial charge in [0.1, 0.15) is 0 Å². The number of hydrogen-bond donors (Lipinski definition) is 3. The molecule has 0 spiro atoms. The summed E-state index contributed by atoms with van der Waals surface area (Å²) in [6.45, 7) is 8.21. The quantitative estimate of drug-likeness (QED) is 0.351. The van der Waals surface area contributed by atoms with Gasteiger partial charge < -0.3 is 25.4 Å². The molecule has 6 heteroatoms. The molecule has 1 aliphatic heterocycles. The lowest BCUT2D eigenvalue weighted by atomic mass is 10.1. The summed E-state index contributed by atoms with van der Waals surface area (Å²) < 4.78 is 5.16. The van der Waals surface area contributed by atoms with E-state index in [4.69, 9.17) is 9.73 Å². The predicted octanol–water partition coefficient (Wildman–Crippen LogP) is 2.76. The fraction of sp³-hybridized carbons (Fsp3) is 0.667. The van der Waals surface area contributed by atoms with Crippen LogP contribution in [0.25, 0.3) is 0 Å². The number of phenolic OH excluding ortho intramolecular Hbond substituents is 1. The van der Waals surface area contributed by atoms with E-state index in [2.05, 4.69) is 22.5 Å². The van der Waals surface area contributed by atoms with Crippen LogP contribution in [0, 0.1) is 0 Å². The summed E-state index contributed by atoms with van der Waals surface area (Å²) in [7, 11) is 1.57. The molecule has 0 atom stereocenters. The minimum atomic E-state index is 0.175. The Morgan fingerprint density at radius 2 is 1.96 bits per heavy atom. The van der Waals surface area contributed by atoms with Gasteiger partial charge in [0.2, 0.25) is 0 Å². The van der Waals surface area contributed by atoms with Crippen LogP contribution in [0.1, 0.15) is 44.6 Å². The maximum Gasteiger partial charge on any atom is 0.191 e. The fourth-order valence-electron chi connectivity index (χ4n) is 3.39. The Balaban J connectivity index is 1.72. The Labute approximate surface area is 164 Å². The van der Waals surface area contributed by atoms with Gasteiger partial charge in [0.15, 0.2) is 17.5 Å². The van der Waals surface area contributed by atoms with Gasteiger partial charge >= 0.3 is 0 Å². The van der Waals surface area contributed by atoms with E-state index in [1.54, 1.807) is 13.2 Å². The van der Waals surface area contributed by atoms with Crippen molar-refractivity contribution in [3.8, 4) is 11.5 Å². The number of hydrogen-bond acceptors (Lipinski definition) is 4. The molecule has 1 saturated heterocycles. The average Bonchev–Trinajstić information content (AvgIpc) is 2.95. The molecule has 0 bridgehead atoms. The number of aromatic hydroxyl groups is 1. The van der Waals surface area contributed by atoms with Crippen LogP contribution in [0.3, 0.4) is 0 Å². The highest BCUT2D eigenvalue weighted by molar-refractivity contribution is 5.79. The Morgan fingerprint density at radius 3 is 2.67 bits per heavy atom. The van der Waals surface area contributed by atoms with Crippen molar-refractivity contribution in [2.45, 2.75) is 45.4 Å². The average molecular weight is 377 g/mol. The summed E-state index contributed by atoms with van der Waals surface area (Å²) in [4.78, 5) is 7.29. The zero-order chi connectivity index (χ0) is 19.3. The number of ether oxygens (including phenoxy) is 1. The fourth-order valence-corrected chi connectivity index (χ4v) is 3.39. The third-order valence-electron chi connectivity index (χ3n) is 4.90. The smallest absolute Gasteiger partial charge is 0.191 e. The maximum atomic E-state index is 9.68. The van der Waals surface area contributed by atoms with E-state index in [9.17, 15) is 5.11 Å². The number of likely N-dealkylation sites (tertiary alicyclic amines) is 1. The number of aliphatic imine (C=N–C) groups is 1. The highest BCUT2D eigenvalue weighted by Crippen LogP contribution is 2.26. The van der Waals surface area contributed by atoms with Crippen LogP contribution in [-0.2, 0) is 6.42 Å². The van der Waals surface area contributed by atoms with Gasteiger partial charge in [0.25, 0.3) is 0 Å². The van der Waals surface area contributed by atoms with Crippen LogP contribution in [-0.4, -0.2) is 62.3 Å². The molecule has 3 N–H and O–H groups in total. The van der Waals surface area contributed by atoms with E-state index >= 15 is 0 Å². The Bertz CT molecular complexity index is 569. The van der Waals surface area contributed by atoms with E-state index in [1.807, 2.05) is 12.1 Å². The number of phenols is 1. The Hall–Kier alpha value is -1.95. The topological polar surface area (TPSA) is 69.1 Å². The monoisotopic (exact) mass is 376 g/mol. The van der Waals surface area contributed by atoms with E-state index in [0.717, 1.165) is 50.5 Å². The van der Waals surface area contributed by atoms with Crippen LogP contribution >= 0.6 is 0 Å². The molecular formula is C21H36N4O2. The summed E-state index contributed by atoms with van der Waals surface area (Å²) in [5.74, 6) is 1.56. The van der Waals surface area contributed by atoms with E-state index in [0.29, 0.717) is 5.75 Å². The van der Waals surface area contributed by atoms with Gasteiger partial charge in [-0.3, -0.25) is 4.99 Å². The SMILES string of the molecule is CCNC(=NCCCN1CCCCCC1)NCCc1ccc(O)c(OC)c1. The first-order valence-corrected chi connectivity index (χ1v) is 10.3. The molecule has 0 unspecified atom stereocenters. The summed E-state index contributed by atoms with van der Waals surface area (Å²) in [5, 5.41) is 16.4. The van der Waals surface area contributed by atoms with Gasteiger partial charge in [-0.1, -0.05) is 18.9 Å². The second-order valence-electron chi connectivity index (χ2n) is 7.05. The van der Waals surface area contributed by atoms with Crippen LogP contribution in [0.15, 0.2) is 23.2 Å². The van der Waals surface area contributed by atoms with Crippen molar-refractivity contribution in [1.82, 2.24) is 15.5 Å². The summed E-state index contributed by atoms with van der Waals surface area (Å²) >= 11 is 0. The van der Waals surface area contributed by atoms with E-state index in [1.165, 1.54) is 38.8 Å². The van der Waals surface area contributed by atoms with Gasteiger partial charge in [-0.15, -0.1) is 0 Å². The van der Waals surface area contributed by atoms with Crippen molar-refractivity contribution in [3.63, 3.8) is 0 Å². The zero-order valence-electron chi connectivity index (χ0n) is 17.0. The van der Waals surface area contributed by atoms with Crippen LogP contribution < -0.4 is 15.4 Å². The summed E-state index contributed by atoms with van der Waals surface area (Å²) in [6, 6.07) is 5.48. The minimum absolute atomic E-state index is 0.175. The van der Waals surface area contributed by atoms with E-state index < -0.39 is 0 Å². The molecule has 1 aliphatic rings. The normalized spacial score (nSPS) is 16.0. The van der Waals surface area contributed by atoms with Crippen LogP contribution in [0.5, 0.6) is 11.5 Å². The zero-order valence-corrected chi connectivity index (χ0v) is 17.0. The standard InChI is InChI=1S/C21H36N4O2/c1-3-22-21(23-12-8-16-25-14-6-4-5-7-15-25)24-13-11-18-9-10-19(26)20(17-18)27-2/h9-10,17,26H,3-8,11-16H2,1-2H3,(H2,22,23,24). The molecule has 0 aliphatic carbocycles. The van der Waals surface area contributed by atoms with Crippen molar-refractivity contribution in [1.29, 1.82) is 0 Å². The maximum absolute atomic E-state index is 9.68. The molecule has 6 nitrogen and oxygen atoms in total. The second kappa shape index (κ2) is 12.4. The summed E-state index contributed by atoms with van der Waals surface area (Å²) in [6.07, 6.45) is 7.40. The van der Waals surface area contributed by atoms with E-state index in [-0.39, 0.29) is 5.75 Å². The number of benzene rings is 1. The first kappa shape index (κ1) is 21.4. The van der Waals surface area contributed by atoms with Crippen molar-refractivity contribution in [2.24, 2.45) is 4.99 Å². The summed E-state index contributed by atoms with van der Waals surface area (Å²) in [5.41, 5.74) is 1.12. The largest absolute Gasteiger partial charge is 0.504 e. The molecule has 152 valence electrons. The molecule has 1 heterocycles. The molecule has 0 radical (unpaired) electrons. The van der Waals surface area contributed by atoms with Crippen LogP contribution in [0.4, 0.5) is 0 Å². The minimum Gasteiger partial charge on any atom is -0.504 e. The second-order valence-corrected chi connectivity index (χ2v) is 7.05. The van der Waals surface area contributed by atoms with Gasteiger partial charge in [0.05, 0.1) is 7.11 Å².